The van der Waals surface area contributed by atoms with Crippen LogP contribution in [0, 0.1) is 0 Å². The minimum absolute atomic E-state index is 0.00976. The van der Waals surface area contributed by atoms with Gasteiger partial charge in [0.2, 0.25) is 0 Å². The summed E-state index contributed by atoms with van der Waals surface area (Å²) < 4.78 is 10.5. The molecular weight excluding hydrogens is 812 g/mol. The molecule has 14 rings (SSSR count). The lowest BCUT2D eigenvalue weighted by atomic mass is 9.47. The predicted octanol–water partition coefficient (Wildman–Crippen LogP) is 15.7. The summed E-state index contributed by atoms with van der Waals surface area (Å²) in [5.74, 6) is 0. The maximum Gasteiger partial charge on any atom is 0.375 e. The summed E-state index contributed by atoms with van der Waals surface area (Å²) in [5.41, 5.74) is 23.7. The largest absolute Gasteiger partial charge is 0.466 e. The second kappa shape index (κ2) is 12.8. The summed E-state index contributed by atoms with van der Waals surface area (Å²) in [6, 6.07) is 55.9. The van der Waals surface area contributed by atoms with Crippen molar-refractivity contribution in [2.45, 2.75) is 96.8 Å². The highest BCUT2D eigenvalue weighted by atomic mass is 16.3. The number of aromatic nitrogens is 1. The quantitative estimate of drug-likeness (QED) is 0.161. The molecule has 2 aliphatic carbocycles. The van der Waals surface area contributed by atoms with Crippen LogP contribution in [0.1, 0.15) is 103 Å². The van der Waals surface area contributed by atoms with E-state index >= 15 is 0 Å². The SMILES string of the molecule is CC(C)(C)c1ccc(N2c3c4c(cc5c3C(C)(C)c3ccccc3-5)-c3cccc5c6cc7ccccc7cc6n(c35)B4c3oc4cc5c(cc4c32)C(C)(C)CCC5(C)C)c(-c2ccccc2)c1. The molecule has 0 radical (unpaired) electrons. The molecule has 4 heterocycles. The van der Waals surface area contributed by atoms with E-state index in [1.807, 2.05) is 0 Å². The van der Waals surface area contributed by atoms with E-state index in [1.165, 1.54) is 116 Å². The van der Waals surface area contributed by atoms with E-state index in [1.54, 1.807) is 0 Å². The molecule has 3 nitrogen and oxygen atoms in total. The number of hydrogen-bond acceptors (Lipinski definition) is 2. The fourth-order valence-electron chi connectivity index (χ4n) is 13.3. The van der Waals surface area contributed by atoms with Crippen molar-refractivity contribution in [3.63, 3.8) is 0 Å². The molecule has 0 spiro atoms. The molecular formula is C63H55BN2O. The Kier molecular flexibility index (Phi) is 7.53. The third-order valence-corrected chi connectivity index (χ3v) is 16.9. The average Bonchev–Trinajstić information content (AvgIpc) is 3.93. The van der Waals surface area contributed by atoms with Gasteiger partial charge in [0.05, 0.1) is 11.4 Å². The molecule has 0 N–H and O–H groups in total. The topological polar surface area (TPSA) is 21.3 Å². The number of nitrogens with zero attached hydrogens (tertiary/aromatic N) is 2. The van der Waals surface area contributed by atoms with Gasteiger partial charge in [-0.2, -0.15) is 0 Å². The van der Waals surface area contributed by atoms with E-state index in [4.69, 9.17) is 4.42 Å². The number of hydrogen-bond donors (Lipinski definition) is 0. The van der Waals surface area contributed by atoms with Crippen LogP contribution in [0.4, 0.5) is 17.1 Å². The first-order valence-corrected chi connectivity index (χ1v) is 24.5. The fraction of sp³-hybridized carbons (Fsp3) is 0.238. The maximum atomic E-state index is 7.77. The van der Waals surface area contributed by atoms with E-state index in [9.17, 15) is 0 Å². The third-order valence-electron chi connectivity index (χ3n) is 16.9. The van der Waals surface area contributed by atoms with E-state index in [-0.39, 0.29) is 28.5 Å². The van der Waals surface area contributed by atoms with Crippen molar-refractivity contribution in [3.8, 4) is 33.4 Å². The zero-order valence-electron chi connectivity index (χ0n) is 40.2. The molecule has 326 valence electrons. The zero-order chi connectivity index (χ0) is 45.7. The number of fused-ring (bicyclic) bond motifs is 15. The first kappa shape index (κ1) is 39.4. The van der Waals surface area contributed by atoms with Gasteiger partial charge in [-0.1, -0.05) is 165 Å². The maximum absolute atomic E-state index is 7.77. The summed E-state index contributed by atoms with van der Waals surface area (Å²) in [6.45, 7) is 21.5. The summed E-state index contributed by atoms with van der Waals surface area (Å²) in [4.78, 5) is 2.71. The van der Waals surface area contributed by atoms with Gasteiger partial charge in [0.1, 0.15) is 11.2 Å². The Balaban J connectivity index is 1.22. The summed E-state index contributed by atoms with van der Waals surface area (Å²) in [5, 5.41) is 6.27. The summed E-state index contributed by atoms with van der Waals surface area (Å²) >= 11 is 0. The number of benzene rings is 8. The van der Waals surface area contributed by atoms with Gasteiger partial charge < -0.3 is 13.8 Å². The lowest BCUT2D eigenvalue weighted by molar-refractivity contribution is 0.332. The number of rotatable bonds is 2. The van der Waals surface area contributed by atoms with Gasteiger partial charge in [0.25, 0.3) is 0 Å². The van der Waals surface area contributed by atoms with Crippen LogP contribution in [0.15, 0.2) is 150 Å². The van der Waals surface area contributed by atoms with Gasteiger partial charge in [-0.25, -0.2) is 0 Å². The highest BCUT2D eigenvalue weighted by Gasteiger charge is 2.52. The van der Waals surface area contributed by atoms with Crippen LogP contribution in [0.3, 0.4) is 0 Å². The van der Waals surface area contributed by atoms with E-state index in [0.717, 1.165) is 29.8 Å². The minimum Gasteiger partial charge on any atom is -0.466 e. The Morgan fingerprint density at radius 1 is 0.537 bits per heavy atom. The molecule has 0 saturated carbocycles. The van der Waals surface area contributed by atoms with Gasteiger partial charge in [-0.05, 0) is 138 Å². The van der Waals surface area contributed by atoms with Crippen LogP contribution in [0.25, 0.3) is 76.9 Å². The van der Waals surface area contributed by atoms with Crippen molar-refractivity contribution in [1.82, 2.24) is 4.48 Å². The minimum atomic E-state index is -0.305. The molecule has 4 heteroatoms. The van der Waals surface area contributed by atoms with E-state index in [2.05, 4.69) is 217 Å². The predicted molar refractivity (Wildman–Crippen MR) is 284 cm³/mol. The monoisotopic (exact) mass is 866 g/mol. The fourth-order valence-corrected chi connectivity index (χ4v) is 13.3. The highest BCUT2D eigenvalue weighted by Crippen LogP contribution is 2.59. The lowest BCUT2D eigenvalue weighted by Crippen LogP contribution is -2.56. The molecule has 4 aliphatic rings. The van der Waals surface area contributed by atoms with Gasteiger partial charge in [-0.15, -0.1) is 0 Å². The summed E-state index contributed by atoms with van der Waals surface area (Å²) in [7, 11) is 0. The van der Waals surface area contributed by atoms with Crippen LogP contribution in [-0.2, 0) is 21.7 Å². The van der Waals surface area contributed by atoms with Crippen LogP contribution in [-0.4, -0.2) is 11.3 Å². The van der Waals surface area contributed by atoms with Crippen molar-refractivity contribution in [2.24, 2.45) is 0 Å². The Bertz CT molecular complexity index is 3830. The van der Waals surface area contributed by atoms with Gasteiger partial charge in [0.15, 0.2) is 0 Å². The molecule has 0 saturated heterocycles. The molecule has 10 aromatic rings. The van der Waals surface area contributed by atoms with Crippen LogP contribution in [0.5, 0.6) is 0 Å². The number of para-hydroxylation sites is 1. The molecule has 2 aliphatic heterocycles. The van der Waals surface area contributed by atoms with Gasteiger partial charge in [0, 0.05) is 49.4 Å². The number of furan rings is 1. The van der Waals surface area contributed by atoms with Crippen molar-refractivity contribution in [3.05, 3.63) is 173 Å². The Morgan fingerprint density at radius 3 is 1.99 bits per heavy atom. The molecule has 0 bridgehead atoms. The van der Waals surface area contributed by atoms with Gasteiger partial charge in [-0.3, -0.25) is 0 Å². The molecule has 8 aromatic carbocycles. The zero-order valence-corrected chi connectivity index (χ0v) is 40.2. The molecule has 0 amide bonds. The second-order valence-corrected chi connectivity index (χ2v) is 23.1. The molecule has 67 heavy (non-hydrogen) atoms. The normalized spacial score (nSPS) is 16.9. The first-order chi connectivity index (χ1) is 32.1. The van der Waals surface area contributed by atoms with Crippen molar-refractivity contribution >= 4 is 78.6 Å². The van der Waals surface area contributed by atoms with Crippen molar-refractivity contribution in [1.29, 1.82) is 0 Å². The number of anilines is 3. The van der Waals surface area contributed by atoms with Gasteiger partial charge >= 0.3 is 6.85 Å². The summed E-state index contributed by atoms with van der Waals surface area (Å²) in [6.07, 6.45) is 2.28. The highest BCUT2D eigenvalue weighted by molar-refractivity contribution is 6.89. The van der Waals surface area contributed by atoms with E-state index in [0.29, 0.717) is 0 Å². The Morgan fingerprint density at radius 2 is 1.22 bits per heavy atom. The lowest BCUT2D eigenvalue weighted by Gasteiger charge is -2.43. The Hall–Kier alpha value is -6.78. The molecule has 2 aromatic heterocycles. The molecule has 0 fully saturated rings. The van der Waals surface area contributed by atoms with Crippen LogP contribution < -0.4 is 16.0 Å². The van der Waals surface area contributed by atoms with Crippen molar-refractivity contribution in [2.75, 3.05) is 4.90 Å². The first-order valence-electron chi connectivity index (χ1n) is 24.5. The second-order valence-electron chi connectivity index (χ2n) is 23.1. The standard InChI is InChI=1S/C63H55BN2O/c1-60(2,3)39-26-27-51(43(32-39)36-18-11-10-12-19-36)65-57-47-34-49-50(62(6,7)29-28-61(49,4)5)35-53(47)67-59(57)64-55-46(33-45-40-22-15-16-25-48(40)63(8,9)54(45)58(55)65)42-24-17-23-41-44-30-37-20-13-14-21-38(37)31-52(44)66(64)56(41)42/h10-27,30-35H,28-29H2,1-9H3. The molecule has 0 atom stereocenters. The smallest absolute Gasteiger partial charge is 0.375 e. The van der Waals surface area contributed by atoms with Crippen LogP contribution >= 0.6 is 0 Å². The van der Waals surface area contributed by atoms with E-state index < -0.39 is 0 Å². The Labute approximate surface area is 394 Å². The molecule has 0 unspecified atom stereocenters. The average molecular weight is 867 g/mol. The van der Waals surface area contributed by atoms with Crippen LogP contribution in [0.2, 0.25) is 0 Å². The third kappa shape index (κ3) is 5.09. The van der Waals surface area contributed by atoms with Crippen molar-refractivity contribution < 1.29 is 4.42 Å².